The Balaban J connectivity index is 2.58. The molecule has 0 bridgehead atoms. The standard InChI is InChI=1S/C10H13NO3S/c1-10(2,7-4-3-5-15-7)6-11-8(12)9(13)14/h3-5H,6H2,1-2H3,(H,11,12)(H,13,14). The molecule has 0 spiro atoms. The first-order valence-electron chi connectivity index (χ1n) is 4.48. The number of hydrogen-bond acceptors (Lipinski definition) is 3. The predicted molar refractivity (Wildman–Crippen MR) is 58.0 cm³/mol. The van der Waals surface area contributed by atoms with Crippen LogP contribution in [0.15, 0.2) is 17.5 Å². The number of nitrogens with one attached hydrogen (secondary N) is 1. The maximum Gasteiger partial charge on any atom is 0.394 e. The van der Waals surface area contributed by atoms with Gasteiger partial charge in [-0.05, 0) is 11.4 Å². The number of amides is 1. The highest BCUT2D eigenvalue weighted by Crippen LogP contribution is 2.26. The minimum atomic E-state index is -1.45. The fraction of sp³-hybridized carbons (Fsp3) is 0.400. The second-order valence-corrected chi connectivity index (χ2v) is 4.80. The van der Waals surface area contributed by atoms with Crippen LogP contribution in [-0.2, 0) is 15.0 Å². The van der Waals surface area contributed by atoms with E-state index >= 15 is 0 Å². The van der Waals surface area contributed by atoms with Crippen LogP contribution in [0.4, 0.5) is 0 Å². The minimum absolute atomic E-state index is 0.237. The van der Waals surface area contributed by atoms with E-state index in [0.29, 0.717) is 6.54 Å². The van der Waals surface area contributed by atoms with Gasteiger partial charge >= 0.3 is 11.9 Å². The monoisotopic (exact) mass is 227 g/mol. The van der Waals surface area contributed by atoms with Gasteiger partial charge in [0.1, 0.15) is 0 Å². The van der Waals surface area contributed by atoms with Gasteiger partial charge in [0.15, 0.2) is 0 Å². The third-order valence-corrected chi connectivity index (χ3v) is 3.31. The van der Waals surface area contributed by atoms with E-state index in [2.05, 4.69) is 5.32 Å². The SMILES string of the molecule is CC(C)(CNC(=O)C(=O)O)c1cccs1. The average Bonchev–Trinajstić information content (AvgIpc) is 2.67. The van der Waals surface area contributed by atoms with Crippen molar-refractivity contribution < 1.29 is 14.7 Å². The molecule has 1 aromatic heterocycles. The first kappa shape index (κ1) is 11.7. The summed E-state index contributed by atoms with van der Waals surface area (Å²) in [6.07, 6.45) is 0. The van der Waals surface area contributed by atoms with Gasteiger partial charge in [-0.1, -0.05) is 19.9 Å². The molecule has 0 radical (unpaired) electrons. The summed E-state index contributed by atoms with van der Waals surface area (Å²) in [6.45, 7) is 4.24. The summed E-state index contributed by atoms with van der Waals surface area (Å²) >= 11 is 1.59. The highest BCUT2D eigenvalue weighted by Gasteiger charge is 2.23. The van der Waals surface area contributed by atoms with Crippen molar-refractivity contribution in [3.8, 4) is 0 Å². The van der Waals surface area contributed by atoms with E-state index in [1.165, 1.54) is 0 Å². The van der Waals surface area contributed by atoms with Gasteiger partial charge in [-0.2, -0.15) is 0 Å². The zero-order valence-corrected chi connectivity index (χ0v) is 9.43. The highest BCUT2D eigenvalue weighted by atomic mass is 32.1. The summed E-state index contributed by atoms with van der Waals surface area (Å²) < 4.78 is 0. The van der Waals surface area contributed by atoms with Crippen LogP contribution in [0.3, 0.4) is 0 Å². The van der Waals surface area contributed by atoms with Gasteiger partial charge in [0.25, 0.3) is 0 Å². The Morgan fingerprint density at radius 2 is 2.20 bits per heavy atom. The third-order valence-electron chi connectivity index (χ3n) is 2.07. The molecule has 0 saturated heterocycles. The van der Waals surface area contributed by atoms with Crippen molar-refractivity contribution in [2.24, 2.45) is 0 Å². The van der Waals surface area contributed by atoms with E-state index < -0.39 is 11.9 Å². The fourth-order valence-electron chi connectivity index (χ4n) is 1.13. The van der Waals surface area contributed by atoms with E-state index in [0.717, 1.165) is 4.88 Å². The van der Waals surface area contributed by atoms with Gasteiger partial charge in [-0.25, -0.2) is 4.79 Å². The largest absolute Gasteiger partial charge is 0.474 e. The Hall–Kier alpha value is -1.36. The topological polar surface area (TPSA) is 66.4 Å². The third kappa shape index (κ3) is 3.06. The highest BCUT2D eigenvalue weighted by molar-refractivity contribution is 7.10. The van der Waals surface area contributed by atoms with Gasteiger partial charge in [0, 0.05) is 16.8 Å². The molecule has 1 amide bonds. The van der Waals surface area contributed by atoms with Crippen LogP contribution in [0.25, 0.3) is 0 Å². The Morgan fingerprint density at radius 3 is 2.67 bits per heavy atom. The van der Waals surface area contributed by atoms with Gasteiger partial charge in [0.05, 0.1) is 0 Å². The number of carboxylic acid groups (broad SMARTS) is 1. The number of thiophene rings is 1. The molecule has 82 valence electrons. The lowest BCUT2D eigenvalue weighted by atomic mass is 9.91. The molecule has 2 N–H and O–H groups in total. The molecule has 1 heterocycles. The van der Waals surface area contributed by atoms with Crippen LogP contribution in [0.2, 0.25) is 0 Å². The van der Waals surface area contributed by atoms with Gasteiger partial charge in [-0.3, -0.25) is 4.79 Å². The molecule has 1 rings (SSSR count). The van der Waals surface area contributed by atoms with E-state index in [4.69, 9.17) is 5.11 Å². The fourth-order valence-corrected chi connectivity index (χ4v) is 1.98. The first-order valence-corrected chi connectivity index (χ1v) is 5.36. The summed E-state index contributed by atoms with van der Waals surface area (Å²) in [6, 6.07) is 3.90. The van der Waals surface area contributed by atoms with Crippen LogP contribution in [0, 0.1) is 0 Å². The lowest BCUT2D eigenvalue weighted by Gasteiger charge is -2.22. The lowest BCUT2D eigenvalue weighted by molar-refractivity contribution is -0.150. The molecular formula is C10H13NO3S. The van der Waals surface area contributed by atoms with E-state index in [-0.39, 0.29) is 5.41 Å². The smallest absolute Gasteiger partial charge is 0.394 e. The molecule has 5 heteroatoms. The average molecular weight is 227 g/mol. The number of hydrogen-bond donors (Lipinski definition) is 2. The quantitative estimate of drug-likeness (QED) is 0.763. The second-order valence-electron chi connectivity index (χ2n) is 3.85. The summed E-state index contributed by atoms with van der Waals surface area (Å²) in [5.74, 6) is -2.41. The van der Waals surface area contributed by atoms with Crippen molar-refractivity contribution in [3.05, 3.63) is 22.4 Å². The van der Waals surface area contributed by atoms with E-state index in [1.54, 1.807) is 11.3 Å². The molecule has 4 nitrogen and oxygen atoms in total. The van der Waals surface area contributed by atoms with Crippen molar-refractivity contribution in [3.63, 3.8) is 0 Å². The van der Waals surface area contributed by atoms with Gasteiger partial charge in [-0.15, -0.1) is 11.3 Å². The molecule has 15 heavy (non-hydrogen) atoms. The molecular weight excluding hydrogens is 214 g/mol. The van der Waals surface area contributed by atoms with Gasteiger partial charge < -0.3 is 10.4 Å². The lowest BCUT2D eigenvalue weighted by Crippen LogP contribution is -2.39. The second kappa shape index (κ2) is 4.44. The summed E-state index contributed by atoms with van der Waals surface area (Å²) in [5.41, 5.74) is -0.237. The zero-order chi connectivity index (χ0) is 11.5. The van der Waals surface area contributed by atoms with Crippen LogP contribution < -0.4 is 5.32 Å². The summed E-state index contributed by atoms with van der Waals surface area (Å²) in [5, 5.41) is 12.7. The normalized spacial score (nSPS) is 11.1. The van der Waals surface area contributed by atoms with E-state index in [9.17, 15) is 9.59 Å². The molecule has 1 aromatic rings. The number of rotatable bonds is 3. The Kier molecular flexibility index (Phi) is 3.47. The van der Waals surface area contributed by atoms with Crippen LogP contribution in [0.1, 0.15) is 18.7 Å². The van der Waals surface area contributed by atoms with Gasteiger partial charge in [0.2, 0.25) is 0 Å². The maximum atomic E-state index is 10.9. The number of carbonyl (C=O) groups excluding carboxylic acids is 1. The summed E-state index contributed by atoms with van der Waals surface area (Å²) in [4.78, 5) is 22.3. The van der Waals surface area contributed by atoms with Crippen LogP contribution >= 0.6 is 11.3 Å². The molecule has 0 aromatic carbocycles. The maximum absolute atomic E-state index is 10.9. The van der Waals surface area contributed by atoms with E-state index in [1.807, 2.05) is 31.4 Å². The number of aliphatic carboxylic acids is 1. The predicted octanol–water partition coefficient (Wildman–Crippen LogP) is 1.23. The van der Waals surface area contributed by atoms with Crippen LogP contribution in [-0.4, -0.2) is 23.5 Å². The molecule has 0 aliphatic rings. The zero-order valence-electron chi connectivity index (χ0n) is 8.61. The Bertz CT molecular complexity index is 357. The van der Waals surface area contributed by atoms with Crippen LogP contribution in [0.5, 0.6) is 0 Å². The van der Waals surface area contributed by atoms with Crippen molar-refractivity contribution >= 4 is 23.2 Å². The molecule has 0 atom stereocenters. The molecule has 0 unspecified atom stereocenters. The van der Waals surface area contributed by atoms with Crippen molar-refractivity contribution in [1.29, 1.82) is 0 Å². The molecule has 0 saturated carbocycles. The summed E-state index contributed by atoms with van der Waals surface area (Å²) in [7, 11) is 0. The molecule has 0 fully saturated rings. The van der Waals surface area contributed by atoms with Crippen molar-refractivity contribution in [2.45, 2.75) is 19.3 Å². The number of carbonyl (C=O) groups is 2. The Labute approximate surface area is 91.9 Å². The molecule has 0 aliphatic heterocycles. The minimum Gasteiger partial charge on any atom is -0.474 e. The van der Waals surface area contributed by atoms with Crippen molar-refractivity contribution in [2.75, 3.05) is 6.54 Å². The Morgan fingerprint density at radius 1 is 1.53 bits per heavy atom. The number of carboxylic acids is 1. The first-order chi connectivity index (χ1) is 6.93. The van der Waals surface area contributed by atoms with Crippen molar-refractivity contribution in [1.82, 2.24) is 5.32 Å². The molecule has 0 aliphatic carbocycles.